The topological polar surface area (TPSA) is 87.2 Å². The van der Waals surface area contributed by atoms with Crippen LogP contribution >= 0.6 is 0 Å². The van der Waals surface area contributed by atoms with Gasteiger partial charge in [-0.1, -0.05) is 0 Å². The summed E-state index contributed by atoms with van der Waals surface area (Å²) in [5.74, 6) is 5.06. The summed E-state index contributed by atoms with van der Waals surface area (Å²) in [4.78, 5) is 27.9. The van der Waals surface area contributed by atoms with Crippen LogP contribution < -0.4 is 11.3 Å². The van der Waals surface area contributed by atoms with Gasteiger partial charge in [0.15, 0.2) is 5.65 Å². The lowest BCUT2D eigenvalue weighted by Gasteiger charge is -2.08. The Morgan fingerprint density at radius 1 is 1.50 bits per heavy atom. The first-order chi connectivity index (χ1) is 8.54. The van der Waals surface area contributed by atoms with Crippen molar-refractivity contribution in [2.75, 3.05) is 12.4 Å². The number of hydrogen-bond donors (Lipinski definition) is 1. The number of pyridine rings is 2. The number of fused-ring (bicyclic) bond motifs is 1. The van der Waals surface area contributed by atoms with Crippen LogP contribution in [-0.2, 0) is 4.74 Å². The van der Waals surface area contributed by atoms with Crippen LogP contribution in [0.2, 0.25) is 0 Å². The molecule has 94 valence electrons. The van der Waals surface area contributed by atoms with Crippen LogP contribution in [0.5, 0.6) is 0 Å². The van der Waals surface area contributed by atoms with Gasteiger partial charge in [0.05, 0.1) is 12.0 Å². The van der Waals surface area contributed by atoms with Crippen molar-refractivity contribution in [3.8, 4) is 0 Å². The number of esters is 1. The van der Waals surface area contributed by atoms with Gasteiger partial charge in [-0.2, -0.15) is 0 Å². The molecular formula is C12H13N3O3. The Labute approximate surface area is 103 Å². The molecule has 2 aromatic rings. The van der Waals surface area contributed by atoms with E-state index < -0.39 is 11.4 Å². The van der Waals surface area contributed by atoms with Gasteiger partial charge in [-0.15, -0.1) is 0 Å². The van der Waals surface area contributed by atoms with E-state index in [2.05, 4.69) is 4.98 Å². The van der Waals surface area contributed by atoms with E-state index in [1.807, 2.05) is 0 Å². The van der Waals surface area contributed by atoms with Crippen molar-refractivity contribution >= 4 is 17.0 Å². The van der Waals surface area contributed by atoms with Crippen molar-refractivity contribution in [1.29, 1.82) is 0 Å². The molecular weight excluding hydrogens is 234 g/mol. The number of ether oxygens (including phenoxy) is 1. The summed E-state index contributed by atoms with van der Waals surface area (Å²) in [6.45, 7) is 3.67. The van der Waals surface area contributed by atoms with E-state index in [4.69, 9.17) is 10.6 Å². The lowest BCUT2D eigenvalue weighted by molar-refractivity contribution is 0.0524. The van der Waals surface area contributed by atoms with E-state index in [-0.39, 0.29) is 12.2 Å². The van der Waals surface area contributed by atoms with E-state index in [1.54, 1.807) is 26.0 Å². The maximum absolute atomic E-state index is 12.1. The minimum absolute atomic E-state index is 0.0856. The van der Waals surface area contributed by atoms with E-state index in [0.29, 0.717) is 11.0 Å². The molecule has 0 aliphatic rings. The molecule has 2 aromatic heterocycles. The molecule has 0 radical (unpaired) electrons. The molecule has 0 aliphatic heterocycles. The number of nitrogens with zero attached hydrogens (tertiary/aromatic N) is 2. The van der Waals surface area contributed by atoms with Crippen molar-refractivity contribution in [3.05, 3.63) is 39.8 Å². The van der Waals surface area contributed by atoms with Gasteiger partial charge in [0.2, 0.25) is 5.43 Å². The monoisotopic (exact) mass is 247 g/mol. The molecule has 0 amide bonds. The third-order valence-corrected chi connectivity index (χ3v) is 2.51. The van der Waals surface area contributed by atoms with Crippen LogP contribution in [-0.4, -0.2) is 22.2 Å². The molecule has 2 heterocycles. The van der Waals surface area contributed by atoms with Gasteiger partial charge >= 0.3 is 5.97 Å². The molecule has 0 atom stereocenters. The van der Waals surface area contributed by atoms with Crippen molar-refractivity contribution < 1.29 is 9.53 Å². The second-order valence-electron chi connectivity index (χ2n) is 3.82. The molecule has 0 saturated heterocycles. The van der Waals surface area contributed by atoms with Gasteiger partial charge < -0.3 is 10.6 Å². The zero-order valence-electron chi connectivity index (χ0n) is 10.1. The van der Waals surface area contributed by atoms with Gasteiger partial charge in [-0.25, -0.2) is 9.78 Å². The van der Waals surface area contributed by atoms with Gasteiger partial charge in [-0.3, -0.25) is 9.47 Å². The first kappa shape index (κ1) is 12.1. The number of nitrogen functional groups attached to an aromatic ring is 1. The minimum atomic E-state index is -0.677. The Balaban J connectivity index is 2.73. The first-order valence-corrected chi connectivity index (χ1v) is 5.49. The fourth-order valence-corrected chi connectivity index (χ4v) is 1.68. The Hall–Kier alpha value is -2.37. The zero-order valence-corrected chi connectivity index (χ0v) is 10.1. The smallest absolute Gasteiger partial charge is 0.343 e. The Morgan fingerprint density at radius 2 is 2.22 bits per heavy atom. The molecule has 0 fully saturated rings. The molecule has 0 aromatic carbocycles. The number of carbonyl (C=O) groups is 1. The Morgan fingerprint density at radius 3 is 2.89 bits per heavy atom. The van der Waals surface area contributed by atoms with E-state index in [1.165, 1.54) is 6.20 Å². The molecule has 18 heavy (non-hydrogen) atoms. The summed E-state index contributed by atoms with van der Waals surface area (Å²) < 4.78 is 5.97. The van der Waals surface area contributed by atoms with E-state index in [9.17, 15) is 9.59 Å². The SMILES string of the molecule is CCOC(=O)c1cn(N)c2nc(C)ccc2c1=O. The highest BCUT2D eigenvalue weighted by molar-refractivity contribution is 5.93. The van der Waals surface area contributed by atoms with Crippen molar-refractivity contribution in [2.24, 2.45) is 0 Å². The maximum Gasteiger partial charge on any atom is 0.343 e. The molecule has 0 spiro atoms. The standard InChI is InChI=1S/C12H13N3O3/c1-3-18-12(17)9-6-15(13)11-8(10(9)16)5-4-7(2)14-11/h4-6H,3,13H2,1-2H3. The van der Waals surface area contributed by atoms with Crippen LogP contribution in [0.1, 0.15) is 23.0 Å². The van der Waals surface area contributed by atoms with Crippen LogP contribution in [0, 0.1) is 6.92 Å². The molecule has 2 N–H and O–H groups in total. The van der Waals surface area contributed by atoms with Crippen molar-refractivity contribution in [2.45, 2.75) is 13.8 Å². The molecule has 0 unspecified atom stereocenters. The second-order valence-corrected chi connectivity index (χ2v) is 3.82. The summed E-state index contributed by atoms with van der Waals surface area (Å²) >= 11 is 0. The minimum Gasteiger partial charge on any atom is -0.462 e. The van der Waals surface area contributed by atoms with E-state index in [0.717, 1.165) is 10.4 Å². The summed E-state index contributed by atoms with van der Waals surface area (Å²) in [6, 6.07) is 3.30. The first-order valence-electron chi connectivity index (χ1n) is 5.49. The lowest BCUT2D eigenvalue weighted by Crippen LogP contribution is -2.24. The summed E-state index contributed by atoms with van der Waals surface area (Å²) in [5.41, 5.74) is 0.577. The van der Waals surface area contributed by atoms with Gasteiger partial charge in [-0.05, 0) is 26.0 Å². The van der Waals surface area contributed by atoms with Gasteiger partial charge in [0.1, 0.15) is 5.56 Å². The Kier molecular flexibility index (Phi) is 3.01. The number of aromatic nitrogens is 2. The normalized spacial score (nSPS) is 10.6. The van der Waals surface area contributed by atoms with Gasteiger partial charge in [0.25, 0.3) is 0 Å². The number of rotatable bonds is 2. The maximum atomic E-state index is 12.1. The van der Waals surface area contributed by atoms with Gasteiger partial charge in [0, 0.05) is 11.9 Å². The average molecular weight is 247 g/mol. The van der Waals surface area contributed by atoms with Crippen LogP contribution in [0.3, 0.4) is 0 Å². The highest BCUT2D eigenvalue weighted by Crippen LogP contribution is 2.09. The number of carbonyl (C=O) groups excluding carboxylic acids is 1. The summed E-state index contributed by atoms with van der Waals surface area (Å²) in [5, 5.41) is 0.300. The third kappa shape index (κ3) is 1.92. The zero-order chi connectivity index (χ0) is 13.3. The molecule has 0 aliphatic carbocycles. The Bertz CT molecular complexity index is 676. The number of nitrogens with two attached hydrogens (primary N) is 1. The largest absolute Gasteiger partial charge is 0.462 e. The lowest BCUT2D eigenvalue weighted by atomic mass is 10.2. The molecule has 0 bridgehead atoms. The summed E-state index contributed by atoms with van der Waals surface area (Å²) in [6.07, 6.45) is 1.25. The highest BCUT2D eigenvalue weighted by atomic mass is 16.5. The summed E-state index contributed by atoms with van der Waals surface area (Å²) in [7, 11) is 0. The quantitative estimate of drug-likeness (QED) is 0.620. The molecule has 6 heteroatoms. The molecule has 0 saturated carbocycles. The third-order valence-electron chi connectivity index (χ3n) is 2.51. The van der Waals surface area contributed by atoms with Crippen molar-refractivity contribution in [1.82, 2.24) is 9.66 Å². The molecule has 6 nitrogen and oxygen atoms in total. The number of hydrogen-bond acceptors (Lipinski definition) is 5. The van der Waals surface area contributed by atoms with Crippen LogP contribution in [0.15, 0.2) is 23.1 Å². The number of aryl methyl sites for hydroxylation is 1. The fourth-order valence-electron chi connectivity index (χ4n) is 1.68. The van der Waals surface area contributed by atoms with Crippen LogP contribution in [0.25, 0.3) is 11.0 Å². The fraction of sp³-hybridized carbons (Fsp3) is 0.250. The second kappa shape index (κ2) is 4.48. The molecule has 2 rings (SSSR count). The predicted molar refractivity (Wildman–Crippen MR) is 66.8 cm³/mol. The predicted octanol–water partition coefficient (Wildman–Crippen LogP) is 0.595. The van der Waals surface area contributed by atoms with Crippen molar-refractivity contribution in [3.63, 3.8) is 0 Å². The average Bonchev–Trinajstić information content (AvgIpc) is 2.34. The van der Waals surface area contributed by atoms with E-state index >= 15 is 0 Å². The van der Waals surface area contributed by atoms with Crippen LogP contribution in [0.4, 0.5) is 0 Å². The highest BCUT2D eigenvalue weighted by Gasteiger charge is 2.16.